The zero-order valence-electron chi connectivity index (χ0n) is 11.7. The summed E-state index contributed by atoms with van der Waals surface area (Å²) >= 11 is 6.00. The minimum atomic E-state index is -0.306. The van der Waals surface area contributed by atoms with Crippen LogP contribution in [0.25, 0.3) is 0 Å². The second-order valence-electron chi connectivity index (χ2n) is 5.48. The number of rotatable bonds is 4. The third-order valence-corrected chi connectivity index (χ3v) is 4.28. The summed E-state index contributed by atoms with van der Waals surface area (Å²) in [6.07, 6.45) is 0.926. The number of methoxy groups -OCH3 is 1. The Labute approximate surface area is 123 Å². The highest BCUT2D eigenvalue weighted by atomic mass is 35.5. The minimum absolute atomic E-state index is 0.0345. The molecule has 0 radical (unpaired) electrons. The molecule has 0 bridgehead atoms. The number of nitrogen functional groups attached to an aromatic ring is 1. The van der Waals surface area contributed by atoms with E-state index in [0.29, 0.717) is 10.8 Å². The van der Waals surface area contributed by atoms with E-state index in [-0.39, 0.29) is 29.2 Å². The standard InChI is InChI=1S/C13H19ClN4O2/c1-13(2)8(6-9(13)20-3)16-12(19)11-7(14)4-5-10(17-11)18-15/h4-5,8-9H,6,15H2,1-3H3,(H,16,19)(H,17,18). The van der Waals surface area contributed by atoms with Gasteiger partial charge in [-0.25, -0.2) is 10.8 Å². The lowest BCUT2D eigenvalue weighted by Gasteiger charge is -2.51. The fourth-order valence-electron chi connectivity index (χ4n) is 2.44. The number of nitrogens with one attached hydrogen (secondary N) is 2. The molecule has 1 amide bonds. The number of hydrogen-bond acceptors (Lipinski definition) is 5. The van der Waals surface area contributed by atoms with Crippen molar-refractivity contribution in [2.75, 3.05) is 12.5 Å². The van der Waals surface area contributed by atoms with Gasteiger partial charge in [0.1, 0.15) is 11.5 Å². The molecule has 0 aliphatic heterocycles. The lowest BCUT2D eigenvalue weighted by atomic mass is 9.64. The maximum atomic E-state index is 12.3. The first-order chi connectivity index (χ1) is 9.40. The summed E-state index contributed by atoms with van der Waals surface area (Å²) in [5.41, 5.74) is 2.45. The summed E-state index contributed by atoms with van der Waals surface area (Å²) in [5.74, 6) is 5.37. The van der Waals surface area contributed by atoms with Crippen LogP contribution < -0.4 is 16.6 Å². The van der Waals surface area contributed by atoms with E-state index in [1.807, 2.05) is 0 Å². The Morgan fingerprint density at radius 2 is 2.25 bits per heavy atom. The summed E-state index contributed by atoms with van der Waals surface area (Å²) in [7, 11) is 1.68. The number of nitrogens with zero attached hydrogens (tertiary/aromatic N) is 1. The molecule has 1 saturated carbocycles. The van der Waals surface area contributed by atoms with Crippen LogP contribution in [0, 0.1) is 5.41 Å². The van der Waals surface area contributed by atoms with Gasteiger partial charge in [0.25, 0.3) is 5.91 Å². The summed E-state index contributed by atoms with van der Waals surface area (Å²) in [4.78, 5) is 16.3. The van der Waals surface area contributed by atoms with Crippen LogP contribution in [-0.2, 0) is 4.74 Å². The Hall–Kier alpha value is -1.37. The zero-order chi connectivity index (χ0) is 14.9. The number of carbonyl (C=O) groups excluding carboxylic acids is 1. The van der Waals surface area contributed by atoms with Crippen molar-refractivity contribution in [3.63, 3.8) is 0 Å². The maximum Gasteiger partial charge on any atom is 0.271 e. The predicted molar refractivity (Wildman–Crippen MR) is 77.5 cm³/mol. The largest absolute Gasteiger partial charge is 0.381 e. The highest BCUT2D eigenvalue weighted by molar-refractivity contribution is 6.33. The van der Waals surface area contributed by atoms with Crippen LogP contribution in [-0.4, -0.2) is 30.1 Å². The van der Waals surface area contributed by atoms with E-state index in [4.69, 9.17) is 22.2 Å². The van der Waals surface area contributed by atoms with Gasteiger partial charge >= 0.3 is 0 Å². The van der Waals surface area contributed by atoms with Crippen molar-refractivity contribution in [1.82, 2.24) is 10.3 Å². The molecule has 6 nitrogen and oxygen atoms in total. The maximum absolute atomic E-state index is 12.3. The fourth-order valence-corrected chi connectivity index (χ4v) is 2.63. The third-order valence-electron chi connectivity index (χ3n) is 3.98. The van der Waals surface area contributed by atoms with Gasteiger partial charge in [0.15, 0.2) is 0 Å². The minimum Gasteiger partial charge on any atom is -0.381 e. The average Bonchev–Trinajstić information content (AvgIpc) is 2.43. The molecule has 110 valence electrons. The molecule has 0 saturated heterocycles. The van der Waals surface area contributed by atoms with E-state index in [0.717, 1.165) is 6.42 Å². The van der Waals surface area contributed by atoms with E-state index >= 15 is 0 Å². The van der Waals surface area contributed by atoms with Gasteiger partial charge in [-0.1, -0.05) is 25.4 Å². The number of pyridine rings is 1. The van der Waals surface area contributed by atoms with Gasteiger partial charge < -0.3 is 15.5 Å². The molecule has 20 heavy (non-hydrogen) atoms. The molecule has 4 N–H and O–H groups in total. The Kier molecular flexibility index (Phi) is 4.17. The van der Waals surface area contributed by atoms with Crippen LogP contribution in [0.4, 0.5) is 5.82 Å². The van der Waals surface area contributed by atoms with E-state index in [9.17, 15) is 4.79 Å². The van der Waals surface area contributed by atoms with Crippen LogP contribution in [0.2, 0.25) is 5.02 Å². The van der Waals surface area contributed by atoms with Crippen molar-refractivity contribution < 1.29 is 9.53 Å². The molecule has 0 spiro atoms. The molecule has 1 fully saturated rings. The van der Waals surface area contributed by atoms with Crippen LogP contribution in [0.1, 0.15) is 30.8 Å². The summed E-state index contributed by atoms with van der Waals surface area (Å²) in [5, 5.41) is 3.24. The molecule has 1 heterocycles. The van der Waals surface area contributed by atoms with Crippen molar-refractivity contribution in [3.05, 3.63) is 22.8 Å². The summed E-state index contributed by atoms with van der Waals surface area (Å²) < 4.78 is 5.36. The van der Waals surface area contributed by atoms with E-state index in [1.165, 1.54) is 0 Å². The number of hydrazine groups is 1. The summed E-state index contributed by atoms with van der Waals surface area (Å²) in [6.45, 7) is 4.12. The molecule has 2 rings (SSSR count). The number of halogens is 1. The van der Waals surface area contributed by atoms with Crippen molar-refractivity contribution in [3.8, 4) is 0 Å². The van der Waals surface area contributed by atoms with Gasteiger partial charge in [0.2, 0.25) is 0 Å². The fraction of sp³-hybridized carbons (Fsp3) is 0.538. The highest BCUT2D eigenvalue weighted by Gasteiger charge is 2.49. The Morgan fingerprint density at radius 1 is 1.55 bits per heavy atom. The zero-order valence-corrected chi connectivity index (χ0v) is 12.5. The van der Waals surface area contributed by atoms with Crippen molar-refractivity contribution in [2.45, 2.75) is 32.4 Å². The predicted octanol–water partition coefficient (Wildman–Crippen LogP) is 1.56. The average molecular weight is 299 g/mol. The molecule has 2 atom stereocenters. The Bertz CT molecular complexity index is 521. The third kappa shape index (κ3) is 2.59. The lowest BCUT2D eigenvalue weighted by Crippen LogP contribution is -2.61. The molecule has 7 heteroatoms. The molecule has 1 aromatic rings. The van der Waals surface area contributed by atoms with E-state index < -0.39 is 0 Å². The molecule has 1 aliphatic rings. The van der Waals surface area contributed by atoms with E-state index in [2.05, 4.69) is 29.6 Å². The van der Waals surface area contributed by atoms with Gasteiger partial charge in [-0.15, -0.1) is 0 Å². The van der Waals surface area contributed by atoms with Gasteiger partial charge in [0, 0.05) is 18.6 Å². The van der Waals surface area contributed by atoms with Gasteiger partial charge in [-0.2, -0.15) is 0 Å². The highest BCUT2D eigenvalue weighted by Crippen LogP contribution is 2.42. The van der Waals surface area contributed by atoms with Crippen LogP contribution in [0.5, 0.6) is 0 Å². The van der Waals surface area contributed by atoms with Gasteiger partial charge in [-0.05, 0) is 18.6 Å². The number of amides is 1. The molecule has 0 aromatic carbocycles. The van der Waals surface area contributed by atoms with Crippen LogP contribution in [0.15, 0.2) is 12.1 Å². The Balaban J connectivity index is 2.10. The van der Waals surface area contributed by atoms with Gasteiger partial charge in [0.05, 0.1) is 11.1 Å². The second-order valence-corrected chi connectivity index (χ2v) is 5.89. The number of hydrogen-bond donors (Lipinski definition) is 3. The van der Waals surface area contributed by atoms with Crippen molar-refractivity contribution in [1.29, 1.82) is 0 Å². The number of nitrogens with two attached hydrogens (primary N) is 1. The molecule has 1 aliphatic carbocycles. The first-order valence-corrected chi connectivity index (χ1v) is 6.74. The number of ether oxygens (including phenoxy) is 1. The normalized spacial score (nSPS) is 23.9. The van der Waals surface area contributed by atoms with Crippen LogP contribution in [0.3, 0.4) is 0 Å². The smallest absolute Gasteiger partial charge is 0.271 e. The number of aromatic nitrogens is 1. The van der Waals surface area contributed by atoms with E-state index in [1.54, 1.807) is 19.2 Å². The van der Waals surface area contributed by atoms with Crippen LogP contribution >= 0.6 is 11.6 Å². The Morgan fingerprint density at radius 3 is 2.80 bits per heavy atom. The number of anilines is 1. The van der Waals surface area contributed by atoms with Crippen molar-refractivity contribution >= 4 is 23.3 Å². The quantitative estimate of drug-likeness (QED) is 0.580. The first-order valence-electron chi connectivity index (χ1n) is 6.37. The molecule has 1 aromatic heterocycles. The molecule has 2 unspecified atom stereocenters. The summed E-state index contributed by atoms with van der Waals surface area (Å²) in [6, 6.07) is 3.22. The number of carbonyl (C=O) groups is 1. The molecular weight excluding hydrogens is 280 g/mol. The second kappa shape index (κ2) is 5.55. The van der Waals surface area contributed by atoms with Crippen molar-refractivity contribution in [2.24, 2.45) is 11.3 Å². The van der Waals surface area contributed by atoms with Gasteiger partial charge in [-0.3, -0.25) is 4.79 Å². The topological polar surface area (TPSA) is 89.3 Å². The molecular formula is C13H19ClN4O2. The first kappa shape index (κ1) is 15.0. The lowest BCUT2D eigenvalue weighted by molar-refractivity contribution is -0.0942. The monoisotopic (exact) mass is 298 g/mol. The SMILES string of the molecule is COC1CC(NC(=O)c2nc(NN)ccc2Cl)C1(C)C.